The molecule has 2 heterocycles. The Morgan fingerprint density at radius 3 is 2.85 bits per heavy atom. The third-order valence-corrected chi connectivity index (χ3v) is 5.10. The molecule has 1 aromatic heterocycles. The summed E-state index contributed by atoms with van der Waals surface area (Å²) in [6.07, 6.45) is 8.76. The first-order valence-corrected chi connectivity index (χ1v) is 10.2. The van der Waals surface area contributed by atoms with E-state index in [-0.39, 0.29) is 0 Å². The average molecular weight is 363 g/mol. The molecule has 3 rings (SSSR count). The minimum atomic E-state index is 0.520. The summed E-state index contributed by atoms with van der Waals surface area (Å²) in [7, 11) is 0. The Morgan fingerprint density at radius 2 is 2.15 bits per heavy atom. The monoisotopic (exact) mass is 362 g/mol. The Labute approximate surface area is 157 Å². The second-order valence-corrected chi connectivity index (χ2v) is 7.22. The predicted octanol–water partition coefficient (Wildman–Crippen LogP) is 2.41. The minimum absolute atomic E-state index is 0.520. The summed E-state index contributed by atoms with van der Waals surface area (Å²) in [5, 5.41) is 7.11. The van der Waals surface area contributed by atoms with E-state index in [2.05, 4.69) is 15.5 Å². The van der Waals surface area contributed by atoms with Crippen molar-refractivity contribution in [1.29, 1.82) is 0 Å². The minimum Gasteiger partial charge on any atom is -0.469 e. The maximum absolute atomic E-state index is 5.41. The molecule has 0 spiro atoms. The van der Waals surface area contributed by atoms with Gasteiger partial charge >= 0.3 is 0 Å². The lowest BCUT2D eigenvalue weighted by Crippen LogP contribution is -2.49. The number of guanidine groups is 1. The largest absolute Gasteiger partial charge is 0.469 e. The first kappa shape index (κ1) is 19.2. The molecule has 0 atom stereocenters. The van der Waals surface area contributed by atoms with E-state index in [9.17, 15) is 0 Å². The summed E-state index contributed by atoms with van der Waals surface area (Å²) in [5.74, 6) is 1.93. The lowest BCUT2D eigenvalue weighted by molar-refractivity contribution is 0.146. The molecule has 0 aromatic carbocycles. The molecule has 1 aromatic rings. The van der Waals surface area contributed by atoms with Crippen molar-refractivity contribution < 1.29 is 9.15 Å². The van der Waals surface area contributed by atoms with Gasteiger partial charge < -0.3 is 24.7 Å². The van der Waals surface area contributed by atoms with Crippen molar-refractivity contribution in [3.05, 3.63) is 24.2 Å². The number of piperidine rings is 1. The van der Waals surface area contributed by atoms with E-state index in [1.54, 1.807) is 6.26 Å². The zero-order valence-corrected chi connectivity index (χ0v) is 16.1. The molecule has 2 N–H and O–H groups in total. The van der Waals surface area contributed by atoms with Crippen molar-refractivity contribution in [2.75, 3.05) is 39.4 Å². The first-order chi connectivity index (χ1) is 12.8. The second kappa shape index (κ2) is 10.6. The molecule has 2 aliphatic rings. The van der Waals surface area contributed by atoms with Crippen LogP contribution in [0.25, 0.3) is 0 Å². The molecular weight excluding hydrogens is 328 g/mol. The number of aliphatic imine (C=N–C) groups is 1. The van der Waals surface area contributed by atoms with Gasteiger partial charge in [-0.3, -0.25) is 4.99 Å². The topological polar surface area (TPSA) is 62.0 Å². The number of furan rings is 1. The second-order valence-electron chi connectivity index (χ2n) is 7.22. The van der Waals surface area contributed by atoms with Crippen LogP contribution in [0.4, 0.5) is 0 Å². The van der Waals surface area contributed by atoms with Crippen LogP contribution < -0.4 is 10.6 Å². The van der Waals surface area contributed by atoms with Crippen LogP contribution in [0.3, 0.4) is 0 Å². The van der Waals surface area contributed by atoms with Gasteiger partial charge in [0.1, 0.15) is 5.76 Å². The molecule has 1 aliphatic heterocycles. The fourth-order valence-electron chi connectivity index (χ4n) is 3.46. The predicted molar refractivity (Wildman–Crippen MR) is 105 cm³/mol. The highest BCUT2D eigenvalue weighted by Crippen LogP contribution is 2.29. The van der Waals surface area contributed by atoms with Crippen molar-refractivity contribution >= 4 is 5.96 Å². The molecule has 0 radical (unpaired) electrons. The van der Waals surface area contributed by atoms with Gasteiger partial charge in [-0.2, -0.15) is 0 Å². The third kappa shape index (κ3) is 6.65. The number of nitrogens with one attached hydrogen (secondary N) is 2. The Bertz CT molecular complexity index is 520. The Morgan fingerprint density at radius 1 is 1.31 bits per heavy atom. The molecule has 26 heavy (non-hydrogen) atoms. The number of ether oxygens (including phenoxy) is 1. The van der Waals surface area contributed by atoms with Crippen molar-refractivity contribution in [2.45, 2.75) is 57.5 Å². The quantitative estimate of drug-likeness (QED) is 0.380. The highest BCUT2D eigenvalue weighted by molar-refractivity contribution is 5.80. The number of nitrogens with zero attached hydrogens (tertiary/aromatic N) is 2. The Hall–Kier alpha value is -1.53. The standard InChI is InChI=1S/C20H34N4O2/c1-2-25-15-4-11-21-20(22-12-8-19-5-3-16-26-19)23-17-9-13-24(14-10-17)18-6-7-18/h3,5,16-18H,2,4,6-15H2,1H3,(H2,21,22,23). The van der Waals surface area contributed by atoms with Gasteiger partial charge in [0.2, 0.25) is 0 Å². The van der Waals surface area contributed by atoms with E-state index in [1.807, 2.05) is 19.1 Å². The number of hydrogen-bond acceptors (Lipinski definition) is 4. The van der Waals surface area contributed by atoms with E-state index in [4.69, 9.17) is 14.1 Å². The van der Waals surface area contributed by atoms with Crippen LogP contribution in [0.5, 0.6) is 0 Å². The average Bonchev–Trinajstić information content (AvgIpc) is 3.38. The Kier molecular flexibility index (Phi) is 7.83. The fourth-order valence-corrected chi connectivity index (χ4v) is 3.46. The third-order valence-electron chi connectivity index (χ3n) is 5.10. The number of rotatable bonds is 10. The normalized spacial score (nSPS) is 19.7. The molecule has 0 unspecified atom stereocenters. The Balaban J connectivity index is 1.42. The van der Waals surface area contributed by atoms with E-state index < -0.39 is 0 Å². The fraction of sp³-hybridized carbons (Fsp3) is 0.750. The molecule has 2 fully saturated rings. The smallest absolute Gasteiger partial charge is 0.191 e. The molecule has 6 heteroatoms. The van der Waals surface area contributed by atoms with Gasteiger partial charge in [-0.05, 0) is 51.2 Å². The van der Waals surface area contributed by atoms with Crippen LogP contribution in [0, 0.1) is 0 Å². The van der Waals surface area contributed by atoms with Crippen molar-refractivity contribution in [1.82, 2.24) is 15.5 Å². The number of hydrogen-bond donors (Lipinski definition) is 2. The lowest BCUT2D eigenvalue weighted by atomic mass is 10.1. The number of likely N-dealkylation sites (tertiary alicyclic amines) is 1. The highest BCUT2D eigenvalue weighted by Gasteiger charge is 2.31. The van der Waals surface area contributed by atoms with Crippen molar-refractivity contribution in [3.8, 4) is 0 Å². The molecule has 6 nitrogen and oxygen atoms in total. The van der Waals surface area contributed by atoms with Gasteiger partial charge in [0.15, 0.2) is 5.96 Å². The van der Waals surface area contributed by atoms with E-state index in [1.165, 1.54) is 38.8 Å². The van der Waals surface area contributed by atoms with Crippen LogP contribution in [0.15, 0.2) is 27.8 Å². The highest BCUT2D eigenvalue weighted by atomic mass is 16.5. The summed E-state index contributed by atoms with van der Waals surface area (Å²) >= 11 is 0. The van der Waals surface area contributed by atoms with Crippen LogP contribution in [-0.2, 0) is 11.2 Å². The van der Waals surface area contributed by atoms with Gasteiger partial charge in [0, 0.05) is 57.9 Å². The molecule has 1 saturated carbocycles. The van der Waals surface area contributed by atoms with Crippen LogP contribution in [0.1, 0.15) is 44.8 Å². The van der Waals surface area contributed by atoms with Gasteiger partial charge in [0.05, 0.1) is 6.26 Å². The maximum atomic E-state index is 5.41. The van der Waals surface area contributed by atoms with Crippen LogP contribution >= 0.6 is 0 Å². The summed E-state index contributed by atoms with van der Waals surface area (Å²) in [6.45, 7) is 7.62. The van der Waals surface area contributed by atoms with Gasteiger partial charge in [-0.25, -0.2) is 0 Å². The molecule has 1 aliphatic carbocycles. The molecule has 0 amide bonds. The van der Waals surface area contributed by atoms with E-state index in [0.717, 1.165) is 56.9 Å². The van der Waals surface area contributed by atoms with E-state index in [0.29, 0.717) is 6.04 Å². The summed E-state index contributed by atoms with van der Waals surface area (Å²) in [6, 6.07) is 5.35. The zero-order valence-electron chi connectivity index (χ0n) is 16.1. The van der Waals surface area contributed by atoms with Crippen LogP contribution in [-0.4, -0.2) is 62.3 Å². The molecular formula is C20H34N4O2. The SMILES string of the molecule is CCOCCCN=C(NCCc1ccco1)NC1CCN(C2CC2)CC1. The first-order valence-electron chi connectivity index (χ1n) is 10.2. The lowest BCUT2D eigenvalue weighted by Gasteiger charge is -2.33. The summed E-state index contributed by atoms with van der Waals surface area (Å²) < 4.78 is 10.8. The molecule has 1 saturated heterocycles. The van der Waals surface area contributed by atoms with Crippen molar-refractivity contribution in [3.63, 3.8) is 0 Å². The summed E-state index contributed by atoms with van der Waals surface area (Å²) in [4.78, 5) is 7.40. The van der Waals surface area contributed by atoms with Gasteiger partial charge in [0.25, 0.3) is 0 Å². The summed E-state index contributed by atoms with van der Waals surface area (Å²) in [5.41, 5.74) is 0. The zero-order chi connectivity index (χ0) is 18.0. The van der Waals surface area contributed by atoms with Crippen molar-refractivity contribution in [2.24, 2.45) is 4.99 Å². The van der Waals surface area contributed by atoms with E-state index >= 15 is 0 Å². The maximum Gasteiger partial charge on any atom is 0.191 e. The molecule has 0 bridgehead atoms. The van der Waals surface area contributed by atoms with Gasteiger partial charge in [-0.1, -0.05) is 0 Å². The van der Waals surface area contributed by atoms with Crippen LogP contribution in [0.2, 0.25) is 0 Å². The van der Waals surface area contributed by atoms with Gasteiger partial charge in [-0.15, -0.1) is 0 Å². The molecule has 146 valence electrons.